The number of nitrogens with zero attached hydrogens (tertiary/aromatic N) is 1. The highest BCUT2D eigenvalue weighted by Crippen LogP contribution is 2.27. The number of amides is 1. The van der Waals surface area contributed by atoms with E-state index in [9.17, 15) is 4.79 Å². The lowest BCUT2D eigenvalue weighted by molar-refractivity contribution is -0.136. The van der Waals surface area contributed by atoms with Gasteiger partial charge in [-0.15, -0.1) is 11.3 Å². The lowest BCUT2D eigenvalue weighted by Crippen LogP contribution is -2.36. The monoisotopic (exact) mass is 267 g/mol. The van der Waals surface area contributed by atoms with Gasteiger partial charge in [0.05, 0.1) is 13.2 Å². The second kappa shape index (κ2) is 6.90. The molecule has 1 aliphatic rings. The van der Waals surface area contributed by atoms with Crippen molar-refractivity contribution in [2.75, 3.05) is 20.3 Å². The molecule has 2 rings (SSSR count). The molecule has 3 nitrogen and oxygen atoms in total. The molecular weight excluding hydrogens is 246 g/mol. The van der Waals surface area contributed by atoms with E-state index in [-0.39, 0.29) is 5.92 Å². The molecule has 0 saturated heterocycles. The van der Waals surface area contributed by atoms with Crippen LogP contribution in [0.1, 0.15) is 30.6 Å². The highest BCUT2D eigenvalue weighted by Gasteiger charge is 2.27. The van der Waals surface area contributed by atoms with Crippen molar-refractivity contribution in [1.82, 2.24) is 4.90 Å². The van der Waals surface area contributed by atoms with Gasteiger partial charge in [-0.05, 0) is 24.3 Å². The van der Waals surface area contributed by atoms with Crippen molar-refractivity contribution < 1.29 is 9.53 Å². The molecule has 0 unspecified atom stereocenters. The van der Waals surface area contributed by atoms with Gasteiger partial charge < -0.3 is 9.64 Å². The van der Waals surface area contributed by atoms with Crippen molar-refractivity contribution in [3.8, 4) is 0 Å². The van der Waals surface area contributed by atoms with E-state index in [1.807, 2.05) is 11.0 Å². The zero-order valence-corrected chi connectivity index (χ0v) is 11.7. The molecule has 0 N–H and O–H groups in total. The van der Waals surface area contributed by atoms with Gasteiger partial charge in [-0.25, -0.2) is 0 Å². The van der Waals surface area contributed by atoms with E-state index < -0.39 is 0 Å². The molecule has 0 radical (unpaired) electrons. The first-order valence-corrected chi connectivity index (χ1v) is 7.49. The van der Waals surface area contributed by atoms with E-state index in [4.69, 9.17) is 4.74 Å². The third kappa shape index (κ3) is 3.56. The van der Waals surface area contributed by atoms with Crippen LogP contribution < -0.4 is 0 Å². The minimum atomic E-state index is 0.252. The lowest BCUT2D eigenvalue weighted by Gasteiger charge is -2.25. The smallest absolute Gasteiger partial charge is 0.226 e. The van der Waals surface area contributed by atoms with E-state index in [1.165, 1.54) is 17.7 Å². The SMILES string of the molecule is COCCN(Cc1cccs1)C(=O)C1CCCC1. The number of carbonyl (C=O) groups excluding carboxylic acids is 1. The van der Waals surface area contributed by atoms with Crippen molar-refractivity contribution in [2.24, 2.45) is 5.92 Å². The number of hydrogen-bond donors (Lipinski definition) is 0. The first-order chi connectivity index (χ1) is 8.81. The van der Waals surface area contributed by atoms with Gasteiger partial charge in [0.2, 0.25) is 5.91 Å². The minimum absolute atomic E-state index is 0.252. The van der Waals surface area contributed by atoms with Crippen LogP contribution in [0.2, 0.25) is 0 Å². The molecular formula is C14H21NO2S. The second-order valence-corrected chi connectivity index (χ2v) is 5.85. The van der Waals surface area contributed by atoms with Gasteiger partial charge in [0, 0.05) is 24.4 Å². The van der Waals surface area contributed by atoms with Gasteiger partial charge in [0.25, 0.3) is 0 Å². The van der Waals surface area contributed by atoms with E-state index >= 15 is 0 Å². The molecule has 1 saturated carbocycles. The van der Waals surface area contributed by atoms with Gasteiger partial charge >= 0.3 is 0 Å². The summed E-state index contributed by atoms with van der Waals surface area (Å²) in [6.45, 7) is 2.05. The number of rotatable bonds is 6. The van der Waals surface area contributed by atoms with Crippen molar-refractivity contribution >= 4 is 17.2 Å². The van der Waals surface area contributed by atoms with Gasteiger partial charge in [-0.1, -0.05) is 18.9 Å². The summed E-state index contributed by atoms with van der Waals surface area (Å²) in [4.78, 5) is 15.7. The van der Waals surface area contributed by atoms with Crippen molar-refractivity contribution in [2.45, 2.75) is 32.2 Å². The summed E-state index contributed by atoms with van der Waals surface area (Å²) in [5.41, 5.74) is 0. The fraction of sp³-hybridized carbons (Fsp3) is 0.643. The van der Waals surface area contributed by atoms with Crippen LogP contribution in [-0.2, 0) is 16.1 Å². The number of methoxy groups -OCH3 is 1. The Morgan fingerprint density at radius 1 is 1.50 bits per heavy atom. The van der Waals surface area contributed by atoms with Crippen molar-refractivity contribution in [1.29, 1.82) is 0 Å². The summed E-state index contributed by atoms with van der Waals surface area (Å²) in [5, 5.41) is 2.06. The van der Waals surface area contributed by atoms with Crippen molar-refractivity contribution in [3.63, 3.8) is 0 Å². The third-order valence-corrected chi connectivity index (χ3v) is 4.37. The number of carbonyl (C=O) groups is 1. The largest absolute Gasteiger partial charge is 0.383 e. The normalized spacial score (nSPS) is 16.1. The van der Waals surface area contributed by atoms with Gasteiger partial charge in [0.1, 0.15) is 0 Å². The Balaban J connectivity index is 1.96. The number of thiophene rings is 1. The molecule has 0 bridgehead atoms. The molecule has 0 aromatic carbocycles. The number of hydrogen-bond acceptors (Lipinski definition) is 3. The van der Waals surface area contributed by atoms with E-state index in [0.717, 1.165) is 19.4 Å². The van der Waals surface area contributed by atoms with E-state index in [2.05, 4.69) is 11.4 Å². The van der Waals surface area contributed by atoms with Crippen LogP contribution in [0.25, 0.3) is 0 Å². The molecule has 0 spiro atoms. The first kappa shape index (κ1) is 13.6. The van der Waals surface area contributed by atoms with Crippen LogP contribution in [0.4, 0.5) is 0 Å². The van der Waals surface area contributed by atoms with Crippen LogP contribution >= 0.6 is 11.3 Å². The third-order valence-electron chi connectivity index (χ3n) is 3.51. The molecule has 4 heteroatoms. The highest BCUT2D eigenvalue weighted by molar-refractivity contribution is 7.09. The molecule has 1 heterocycles. The molecule has 18 heavy (non-hydrogen) atoms. The molecule has 1 aliphatic carbocycles. The molecule has 1 aromatic heterocycles. The zero-order valence-electron chi connectivity index (χ0n) is 10.9. The summed E-state index contributed by atoms with van der Waals surface area (Å²) < 4.78 is 5.11. The number of ether oxygens (including phenoxy) is 1. The van der Waals surface area contributed by atoms with Crippen LogP contribution in [0.3, 0.4) is 0 Å². The summed E-state index contributed by atoms with van der Waals surface area (Å²) in [6.07, 6.45) is 4.53. The lowest BCUT2D eigenvalue weighted by atomic mass is 10.1. The van der Waals surface area contributed by atoms with E-state index in [0.29, 0.717) is 19.1 Å². The molecule has 1 aromatic rings. The zero-order chi connectivity index (χ0) is 12.8. The predicted octanol–water partition coefficient (Wildman–Crippen LogP) is 2.91. The molecule has 0 aliphatic heterocycles. The highest BCUT2D eigenvalue weighted by atomic mass is 32.1. The maximum Gasteiger partial charge on any atom is 0.226 e. The summed E-state index contributed by atoms with van der Waals surface area (Å²) in [6, 6.07) is 4.13. The average Bonchev–Trinajstić information content (AvgIpc) is 3.06. The maximum atomic E-state index is 12.5. The van der Waals surface area contributed by atoms with Gasteiger partial charge in [-0.2, -0.15) is 0 Å². The van der Waals surface area contributed by atoms with Crippen LogP contribution in [0, 0.1) is 5.92 Å². The Hall–Kier alpha value is -0.870. The summed E-state index contributed by atoms with van der Waals surface area (Å²) in [5.74, 6) is 0.569. The Morgan fingerprint density at radius 3 is 2.89 bits per heavy atom. The standard InChI is InChI=1S/C14H21NO2S/c1-17-9-8-15(11-13-7-4-10-18-13)14(16)12-5-2-3-6-12/h4,7,10,12H,2-3,5-6,8-9,11H2,1H3. The Labute approximate surface area is 113 Å². The first-order valence-electron chi connectivity index (χ1n) is 6.61. The molecule has 1 amide bonds. The Bertz CT molecular complexity index is 358. The molecule has 0 atom stereocenters. The maximum absolute atomic E-state index is 12.5. The second-order valence-electron chi connectivity index (χ2n) is 4.81. The van der Waals surface area contributed by atoms with Gasteiger partial charge in [-0.3, -0.25) is 4.79 Å². The van der Waals surface area contributed by atoms with Crippen LogP contribution in [-0.4, -0.2) is 31.1 Å². The minimum Gasteiger partial charge on any atom is -0.383 e. The van der Waals surface area contributed by atoms with Crippen LogP contribution in [0.5, 0.6) is 0 Å². The quantitative estimate of drug-likeness (QED) is 0.793. The average molecular weight is 267 g/mol. The predicted molar refractivity (Wildman–Crippen MR) is 73.6 cm³/mol. The fourth-order valence-electron chi connectivity index (χ4n) is 2.49. The summed E-state index contributed by atoms with van der Waals surface area (Å²) in [7, 11) is 1.68. The van der Waals surface area contributed by atoms with Gasteiger partial charge in [0.15, 0.2) is 0 Å². The summed E-state index contributed by atoms with van der Waals surface area (Å²) >= 11 is 1.71. The van der Waals surface area contributed by atoms with Crippen LogP contribution in [0.15, 0.2) is 17.5 Å². The molecule has 100 valence electrons. The molecule has 1 fully saturated rings. The van der Waals surface area contributed by atoms with E-state index in [1.54, 1.807) is 18.4 Å². The topological polar surface area (TPSA) is 29.5 Å². The van der Waals surface area contributed by atoms with Crippen molar-refractivity contribution in [3.05, 3.63) is 22.4 Å². The fourth-order valence-corrected chi connectivity index (χ4v) is 3.21. The Kier molecular flexibility index (Phi) is 5.20. The Morgan fingerprint density at radius 2 is 2.28 bits per heavy atom.